The van der Waals surface area contributed by atoms with Gasteiger partial charge in [0.1, 0.15) is 0 Å². The van der Waals surface area contributed by atoms with Crippen LogP contribution in [0.2, 0.25) is 0 Å². The third kappa shape index (κ3) is 5.91. The number of carbonyl (C=O) groups excluding carboxylic acids is 2. The van der Waals surface area contributed by atoms with Gasteiger partial charge in [-0.2, -0.15) is 0 Å². The fourth-order valence-corrected chi connectivity index (χ4v) is 2.71. The van der Waals surface area contributed by atoms with Gasteiger partial charge in [-0.1, -0.05) is 61.9 Å². The minimum Gasteiger partial charge on any atom is -0.342 e. The summed E-state index contributed by atoms with van der Waals surface area (Å²) in [6.45, 7) is 6.68. The van der Waals surface area contributed by atoms with Crippen molar-refractivity contribution in [2.45, 2.75) is 33.2 Å². The zero-order chi connectivity index (χ0) is 19.3. The van der Waals surface area contributed by atoms with Crippen LogP contribution in [-0.2, 0) is 0 Å². The summed E-state index contributed by atoms with van der Waals surface area (Å²) in [5, 5.41) is 0. The summed E-state index contributed by atoms with van der Waals surface area (Å²) >= 11 is 0. The summed E-state index contributed by atoms with van der Waals surface area (Å²) in [4.78, 5) is 27.4. The zero-order valence-corrected chi connectivity index (χ0v) is 17.3. The molecule has 2 aromatic rings. The quantitative estimate of drug-likeness (QED) is 0.726. The predicted octanol–water partition coefficient (Wildman–Crippen LogP) is 4.09. The van der Waals surface area contributed by atoms with Gasteiger partial charge in [0.05, 0.1) is 5.56 Å². The van der Waals surface area contributed by atoms with Gasteiger partial charge in [0.2, 0.25) is 0 Å². The molecular weight excluding hydrogens is 360 g/mol. The number of carbonyl (C=O) groups is 2. The Labute approximate surface area is 168 Å². The topological polar surface area (TPSA) is 63.4 Å². The molecule has 2 rings (SSSR count). The molecule has 1 atom stereocenters. The molecule has 27 heavy (non-hydrogen) atoms. The predicted molar refractivity (Wildman–Crippen MR) is 113 cm³/mol. The highest BCUT2D eigenvalue weighted by atomic mass is 35.5. The van der Waals surface area contributed by atoms with Crippen LogP contribution in [0, 0.1) is 12.8 Å². The van der Waals surface area contributed by atoms with E-state index in [-0.39, 0.29) is 30.1 Å². The van der Waals surface area contributed by atoms with Gasteiger partial charge in [-0.3, -0.25) is 9.59 Å². The van der Waals surface area contributed by atoms with Crippen molar-refractivity contribution in [3.8, 4) is 0 Å². The Morgan fingerprint density at radius 3 is 2.11 bits per heavy atom. The molecule has 5 heteroatoms. The summed E-state index contributed by atoms with van der Waals surface area (Å²) < 4.78 is 0. The van der Waals surface area contributed by atoms with Crippen molar-refractivity contribution in [2.75, 3.05) is 13.6 Å². The Kier molecular flexibility index (Phi) is 8.67. The van der Waals surface area contributed by atoms with Gasteiger partial charge in [0.15, 0.2) is 5.78 Å². The van der Waals surface area contributed by atoms with Crippen LogP contribution in [0.3, 0.4) is 0 Å². The summed E-state index contributed by atoms with van der Waals surface area (Å²) in [6.07, 6.45) is 0.730. The normalized spacial score (nSPS) is 11.6. The number of benzene rings is 2. The summed E-state index contributed by atoms with van der Waals surface area (Å²) in [6, 6.07) is 14.4. The molecule has 146 valence electrons. The van der Waals surface area contributed by atoms with Gasteiger partial charge in [-0.25, -0.2) is 0 Å². The van der Waals surface area contributed by atoms with E-state index in [1.54, 1.807) is 48.3 Å². The van der Waals surface area contributed by atoms with E-state index in [9.17, 15) is 9.59 Å². The highest BCUT2D eigenvalue weighted by Gasteiger charge is 2.21. The number of hydrogen-bond donors (Lipinski definition) is 1. The van der Waals surface area contributed by atoms with Crippen molar-refractivity contribution in [2.24, 2.45) is 11.7 Å². The minimum atomic E-state index is -0.156. The first-order valence-electron chi connectivity index (χ1n) is 9.02. The van der Waals surface area contributed by atoms with Crippen molar-refractivity contribution in [3.05, 3.63) is 70.8 Å². The molecule has 0 bridgehead atoms. The van der Waals surface area contributed by atoms with Crippen LogP contribution in [-0.4, -0.2) is 36.2 Å². The molecule has 0 aliphatic carbocycles. The molecule has 0 saturated heterocycles. The number of amides is 1. The van der Waals surface area contributed by atoms with Gasteiger partial charge in [-0.05, 0) is 25.3 Å². The van der Waals surface area contributed by atoms with Gasteiger partial charge < -0.3 is 10.6 Å². The molecule has 0 saturated carbocycles. The smallest absolute Gasteiger partial charge is 0.254 e. The number of hydrogen-bond acceptors (Lipinski definition) is 3. The van der Waals surface area contributed by atoms with Crippen LogP contribution in [0.4, 0.5) is 0 Å². The summed E-state index contributed by atoms with van der Waals surface area (Å²) in [5.74, 6) is 0.0761. The molecule has 2 aromatic carbocycles. The van der Waals surface area contributed by atoms with E-state index in [4.69, 9.17) is 5.73 Å². The van der Waals surface area contributed by atoms with Crippen molar-refractivity contribution in [1.29, 1.82) is 0 Å². The van der Waals surface area contributed by atoms with Crippen molar-refractivity contribution in [3.63, 3.8) is 0 Å². The fourth-order valence-electron chi connectivity index (χ4n) is 2.71. The zero-order valence-electron chi connectivity index (χ0n) is 16.4. The monoisotopic (exact) mass is 388 g/mol. The number of rotatable bonds is 7. The molecule has 1 unspecified atom stereocenters. The lowest BCUT2D eigenvalue weighted by Gasteiger charge is -2.22. The Morgan fingerprint density at radius 2 is 1.56 bits per heavy atom. The van der Waals surface area contributed by atoms with E-state index < -0.39 is 0 Å². The molecule has 0 aliphatic rings. The lowest BCUT2D eigenvalue weighted by molar-refractivity contribution is 0.0784. The van der Waals surface area contributed by atoms with Crippen molar-refractivity contribution < 1.29 is 9.59 Å². The average Bonchev–Trinajstić information content (AvgIpc) is 2.65. The van der Waals surface area contributed by atoms with Crippen LogP contribution < -0.4 is 5.73 Å². The first-order valence-corrected chi connectivity index (χ1v) is 9.02. The molecule has 2 N–H and O–H groups in total. The van der Waals surface area contributed by atoms with Crippen LogP contribution in [0.1, 0.15) is 52.1 Å². The maximum Gasteiger partial charge on any atom is 0.254 e. The average molecular weight is 389 g/mol. The van der Waals surface area contributed by atoms with E-state index in [1.807, 2.05) is 19.1 Å². The van der Waals surface area contributed by atoms with Gasteiger partial charge >= 0.3 is 0 Å². The third-order valence-electron chi connectivity index (χ3n) is 4.72. The second kappa shape index (κ2) is 10.2. The summed E-state index contributed by atoms with van der Waals surface area (Å²) in [7, 11) is 1.75. The lowest BCUT2D eigenvalue weighted by Crippen LogP contribution is -2.35. The number of nitrogens with two attached hydrogens (primary N) is 1. The van der Waals surface area contributed by atoms with Gasteiger partial charge in [0.25, 0.3) is 5.91 Å². The fraction of sp³-hybridized carbons (Fsp3) is 0.364. The Bertz CT molecular complexity index is 772. The Hall–Kier alpha value is -2.17. The van der Waals surface area contributed by atoms with Crippen LogP contribution >= 0.6 is 12.4 Å². The van der Waals surface area contributed by atoms with Crippen molar-refractivity contribution in [1.82, 2.24) is 4.90 Å². The molecule has 1 amide bonds. The highest BCUT2D eigenvalue weighted by molar-refractivity contribution is 6.15. The van der Waals surface area contributed by atoms with Crippen LogP contribution in [0.25, 0.3) is 0 Å². The van der Waals surface area contributed by atoms with Gasteiger partial charge in [-0.15, -0.1) is 12.4 Å². The molecule has 4 nitrogen and oxygen atoms in total. The van der Waals surface area contributed by atoms with Gasteiger partial charge in [0, 0.05) is 30.8 Å². The second-order valence-corrected chi connectivity index (χ2v) is 7.16. The Balaban J connectivity index is 0.00000364. The largest absolute Gasteiger partial charge is 0.342 e. The first kappa shape index (κ1) is 22.9. The first-order chi connectivity index (χ1) is 12.3. The number of ketones is 1. The van der Waals surface area contributed by atoms with Crippen LogP contribution in [0.5, 0.6) is 0 Å². The van der Waals surface area contributed by atoms with E-state index >= 15 is 0 Å². The molecule has 0 fully saturated rings. The standard InChI is InChI=1S/C22H28N2O2.ClH/c1-15(2)20(23)13-14-24(4)22(26)19-8-6-5-7-18(19)21(25)17-11-9-16(3)10-12-17;/h5-12,15,20H,13-14,23H2,1-4H3;1H. The maximum atomic E-state index is 12.9. The molecule has 0 radical (unpaired) electrons. The molecule has 0 spiro atoms. The van der Waals surface area contributed by atoms with E-state index in [0.717, 1.165) is 12.0 Å². The molecule has 0 aliphatic heterocycles. The van der Waals surface area contributed by atoms with E-state index in [2.05, 4.69) is 13.8 Å². The number of aryl methyl sites for hydroxylation is 1. The SMILES string of the molecule is Cc1ccc(C(=O)c2ccccc2C(=O)N(C)CCC(N)C(C)C)cc1.Cl. The lowest BCUT2D eigenvalue weighted by atomic mass is 9.97. The molecular formula is C22H29ClN2O2. The molecule has 0 aromatic heterocycles. The summed E-state index contributed by atoms with van der Waals surface area (Å²) in [5.41, 5.74) is 8.61. The van der Waals surface area contributed by atoms with E-state index in [1.165, 1.54) is 0 Å². The maximum absolute atomic E-state index is 12.9. The molecule has 0 heterocycles. The minimum absolute atomic E-state index is 0. The van der Waals surface area contributed by atoms with Crippen LogP contribution in [0.15, 0.2) is 48.5 Å². The highest BCUT2D eigenvalue weighted by Crippen LogP contribution is 2.17. The second-order valence-electron chi connectivity index (χ2n) is 7.16. The number of nitrogens with zero attached hydrogens (tertiary/aromatic N) is 1. The van der Waals surface area contributed by atoms with E-state index in [0.29, 0.717) is 29.2 Å². The third-order valence-corrected chi connectivity index (χ3v) is 4.72. The Morgan fingerprint density at radius 1 is 1.00 bits per heavy atom. The van der Waals surface area contributed by atoms with Crippen molar-refractivity contribution >= 4 is 24.1 Å². The number of halogens is 1.